The maximum Gasteiger partial charge on any atom is 0.189 e. The lowest BCUT2D eigenvalue weighted by atomic mass is 10.1. The van der Waals surface area contributed by atoms with Crippen LogP contribution in [0.15, 0.2) is 12.3 Å². The number of hydrogen-bond donors (Lipinski definition) is 0. The lowest BCUT2D eigenvalue weighted by Crippen LogP contribution is -2.08. The second-order valence-electron chi connectivity index (χ2n) is 3.54. The third-order valence-corrected chi connectivity index (χ3v) is 2.52. The summed E-state index contributed by atoms with van der Waals surface area (Å²) in [6.45, 7) is 0.139. The number of carbonyl (C=O) groups is 1. The fourth-order valence-corrected chi connectivity index (χ4v) is 1.79. The Morgan fingerprint density at radius 2 is 2.43 bits per heavy atom. The van der Waals surface area contributed by atoms with E-state index in [0.717, 1.165) is 25.0 Å². The van der Waals surface area contributed by atoms with Crippen molar-refractivity contribution in [1.82, 2.24) is 4.98 Å². The summed E-state index contributed by atoms with van der Waals surface area (Å²) in [6.07, 6.45) is 4.92. The standard InChI is InChI=1S/C11H13NO2/c1-14-7-11(13)9-5-8-3-2-4-10(8)12-6-9/h5-6H,2-4,7H2,1H3. The van der Waals surface area contributed by atoms with Crippen molar-refractivity contribution in [3.05, 3.63) is 29.1 Å². The second-order valence-corrected chi connectivity index (χ2v) is 3.54. The first-order chi connectivity index (χ1) is 6.81. The summed E-state index contributed by atoms with van der Waals surface area (Å²) in [5.74, 6) is 0.00898. The molecule has 0 saturated heterocycles. The van der Waals surface area contributed by atoms with Gasteiger partial charge in [-0.25, -0.2) is 0 Å². The molecule has 0 unspecified atom stereocenters. The van der Waals surface area contributed by atoms with Crippen LogP contribution in [0, 0.1) is 0 Å². The minimum Gasteiger partial charge on any atom is -0.377 e. The van der Waals surface area contributed by atoms with Crippen LogP contribution in [0.5, 0.6) is 0 Å². The van der Waals surface area contributed by atoms with E-state index in [-0.39, 0.29) is 12.4 Å². The van der Waals surface area contributed by atoms with E-state index >= 15 is 0 Å². The van der Waals surface area contributed by atoms with Crippen molar-refractivity contribution in [2.75, 3.05) is 13.7 Å². The molecule has 0 radical (unpaired) electrons. The van der Waals surface area contributed by atoms with Crippen LogP contribution in [-0.2, 0) is 17.6 Å². The molecule has 0 amide bonds. The number of nitrogens with zero attached hydrogens (tertiary/aromatic N) is 1. The van der Waals surface area contributed by atoms with Gasteiger partial charge in [0.15, 0.2) is 5.78 Å². The SMILES string of the molecule is COCC(=O)c1cnc2c(c1)CCC2. The molecule has 0 aliphatic heterocycles. The van der Waals surface area contributed by atoms with Crippen molar-refractivity contribution < 1.29 is 9.53 Å². The number of Topliss-reactive ketones (excluding diaryl/α,β-unsaturated/α-hetero) is 1. The molecular formula is C11H13NO2. The smallest absolute Gasteiger partial charge is 0.189 e. The Labute approximate surface area is 83.1 Å². The lowest BCUT2D eigenvalue weighted by molar-refractivity contribution is 0.0847. The summed E-state index contributed by atoms with van der Waals surface area (Å²) in [5, 5.41) is 0. The molecule has 0 spiro atoms. The molecule has 14 heavy (non-hydrogen) atoms. The predicted molar refractivity (Wildman–Crippen MR) is 52.5 cm³/mol. The van der Waals surface area contributed by atoms with E-state index in [0.29, 0.717) is 5.56 Å². The fraction of sp³-hybridized carbons (Fsp3) is 0.455. The highest BCUT2D eigenvalue weighted by Crippen LogP contribution is 2.20. The van der Waals surface area contributed by atoms with Crippen LogP contribution in [0.25, 0.3) is 0 Å². The highest BCUT2D eigenvalue weighted by atomic mass is 16.5. The third-order valence-electron chi connectivity index (χ3n) is 2.52. The Kier molecular flexibility index (Phi) is 2.59. The van der Waals surface area contributed by atoms with Gasteiger partial charge in [0.05, 0.1) is 0 Å². The van der Waals surface area contributed by atoms with Crippen LogP contribution in [0.1, 0.15) is 28.0 Å². The summed E-state index contributed by atoms with van der Waals surface area (Å²) >= 11 is 0. The Morgan fingerprint density at radius 1 is 1.57 bits per heavy atom. The number of carbonyl (C=O) groups excluding carboxylic acids is 1. The maximum atomic E-state index is 11.5. The first-order valence-electron chi connectivity index (χ1n) is 4.81. The van der Waals surface area contributed by atoms with Crippen LogP contribution >= 0.6 is 0 Å². The van der Waals surface area contributed by atoms with E-state index in [1.54, 1.807) is 6.20 Å². The Bertz CT molecular complexity index is 360. The van der Waals surface area contributed by atoms with Gasteiger partial charge in [-0.05, 0) is 30.9 Å². The number of pyridine rings is 1. The second kappa shape index (κ2) is 3.88. The monoisotopic (exact) mass is 191 g/mol. The number of ketones is 1. The zero-order valence-corrected chi connectivity index (χ0v) is 8.25. The van der Waals surface area contributed by atoms with Gasteiger partial charge in [-0.3, -0.25) is 9.78 Å². The number of aryl methyl sites for hydroxylation is 2. The number of rotatable bonds is 3. The third kappa shape index (κ3) is 1.68. The number of methoxy groups -OCH3 is 1. The molecule has 0 aromatic carbocycles. The van der Waals surface area contributed by atoms with Gasteiger partial charge < -0.3 is 4.74 Å². The summed E-state index contributed by atoms with van der Waals surface area (Å²) in [7, 11) is 1.53. The molecule has 1 aliphatic carbocycles. The molecule has 74 valence electrons. The van der Waals surface area contributed by atoms with Crippen molar-refractivity contribution in [1.29, 1.82) is 0 Å². The van der Waals surface area contributed by atoms with Gasteiger partial charge in [-0.2, -0.15) is 0 Å². The van der Waals surface area contributed by atoms with Crippen LogP contribution in [0.4, 0.5) is 0 Å². The van der Waals surface area contributed by atoms with Crippen molar-refractivity contribution in [2.45, 2.75) is 19.3 Å². The van der Waals surface area contributed by atoms with Gasteiger partial charge in [0, 0.05) is 24.6 Å². The normalized spacial score (nSPS) is 14.1. The highest BCUT2D eigenvalue weighted by molar-refractivity contribution is 5.97. The highest BCUT2D eigenvalue weighted by Gasteiger charge is 2.14. The number of aromatic nitrogens is 1. The Balaban J connectivity index is 2.24. The zero-order valence-electron chi connectivity index (χ0n) is 8.25. The number of ether oxygens (including phenoxy) is 1. The largest absolute Gasteiger partial charge is 0.377 e. The molecule has 1 aromatic rings. The summed E-state index contributed by atoms with van der Waals surface area (Å²) in [5.41, 5.74) is 3.05. The van der Waals surface area contributed by atoms with Gasteiger partial charge >= 0.3 is 0 Å². The van der Waals surface area contributed by atoms with Crippen LogP contribution < -0.4 is 0 Å². The molecule has 2 rings (SSSR count). The molecule has 0 bridgehead atoms. The Hall–Kier alpha value is -1.22. The summed E-state index contributed by atoms with van der Waals surface area (Å²) in [4.78, 5) is 15.8. The van der Waals surface area contributed by atoms with E-state index in [1.165, 1.54) is 12.7 Å². The molecule has 0 saturated carbocycles. The topological polar surface area (TPSA) is 39.2 Å². The average Bonchev–Trinajstić information content (AvgIpc) is 2.64. The first-order valence-corrected chi connectivity index (χ1v) is 4.81. The molecule has 3 nitrogen and oxygen atoms in total. The van der Waals surface area contributed by atoms with Crippen molar-refractivity contribution in [2.24, 2.45) is 0 Å². The molecule has 1 aliphatic rings. The number of fused-ring (bicyclic) bond motifs is 1. The van der Waals surface area contributed by atoms with Crippen LogP contribution in [0.3, 0.4) is 0 Å². The zero-order chi connectivity index (χ0) is 9.97. The van der Waals surface area contributed by atoms with Gasteiger partial charge in [0.25, 0.3) is 0 Å². The number of hydrogen-bond acceptors (Lipinski definition) is 3. The first kappa shape index (κ1) is 9.34. The van der Waals surface area contributed by atoms with Crippen LogP contribution in [0.2, 0.25) is 0 Å². The molecule has 1 heterocycles. The van der Waals surface area contributed by atoms with Crippen molar-refractivity contribution >= 4 is 5.78 Å². The lowest BCUT2D eigenvalue weighted by Gasteiger charge is -2.02. The Morgan fingerprint density at radius 3 is 3.21 bits per heavy atom. The van der Waals surface area contributed by atoms with Crippen molar-refractivity contribution in [3.8, 4) is 0 Å². The van der Waals surface area contributed by atoms with Crippen LogP contribution in [-0.4, -0.2) is 24.5 Å². The average molecular weight is 191 g/mol. The molecule has 3 heteroatoms. The maximum absolute atomic E-state index is 11.5. The van der Waals surface area contributed by atoms with Gasteiger partial charge in [-0.15, -0.1) is 0 Å². The van der Waals surface area contributed by atoms with Gasteiger partial charge in [0.1, 0.15) is 6.61 Å². The summed E-state index contributed by atoms with van der Waals surface area (Å²) < 4.78 is 4.80. The minimum atomic E-state index is 0.00898. The van der Waals surface area contributed by atoms with Crippen molar-refractivity contribution in [3.63, 3.8) is 0 Å². The molecular weight excluding hydrogens is 178 g/mol. The molecule has 0 N–H and O–H groups in total. The van der Waals surface area contributed by atoms with E-state index in [4.69, 9.17) is 4.74 Å². The minimum absolute atomic E-state index is 0.00898. The predicted octanol–water partition coefficient (Wildman–Crippen LogP) is 1.40. The van der Waals surface area contributed by atoms with E-state index in [1.807, 2.05) is 6.07 Å². The van der Waals surface area contributed by atoms with E-state index < -0.39 is 0 Å². The van der Waals surface area contributed by atoms with Gasteiger partial charge in [0.2, 0.25) is 0 Å². The molecule has 0 fully saturated rings. The summed E-state index contributed by atoms with van der Waals surface area (Å²) in [6, 6.07) is 1.96. The molecule has 1 aromatic heterocycles. The fourth-order valence-electron chi connectivity index (χ4n) is 1.79. The van der Waals surface area contributed by atoms with Gasteiger partial charge in [-0.1, -0.05) is 0 Å². The molecule has 0 atom stereocenters. The van der Waals surface area contributed by atoms with E-state index in [2.05, 4.69) is 4.98 Å². The van der Waals surface area contributed by atoms with E-state index in [9.17, 15) is 4.79 Å². The quantitative estimate of drug-likeness (QED) is 0.678.